The zero-order valence-corrected chi connectivity index (χ0v) is 39.3. The van der Waals surface area contributed by atoms with Crippen LogP contribution in [0.1, 0.15) is 99.9 Å². The quantitative estimate of drug-likeness (QED) is 0.186. The fourth-order valence-corrected chi connectivity index (χ4v) is 11.5. The van der Waals surface area contributed by atoms with E-state index in [4.69, 9.17) is 5.73 Å². The van der Waals surface area contributed by atoms with Crippen LogP contribution >= 0.6 is 11.3 Å². The number of carbonyl (C=O) groups is 3. The molecule has 0 radical (unpaired) electrons. The van der Waals surface area contributed by atoms with Gasteiger partial charge in [0, 0.05) is 89.4 Å². The van der Waals surface area contributed by atoms with Gasteiger partial charge in [0.15, 0.2) is 0 Å². The van der Waals surface area contributed by atoms with Crippen molar-refractivity contribution >= 4 is 29.1 Å². The molecule has 10 nitrogen and oxygen atoms in total. The summed E-state index contributed by atoms with van der Waals surface area (Å²) in [6, 6.07) is 14.5. The number of aromatic nitrogens is 1. The fourth-order valence-electron chi connectivity index (χ4n) is 10.7. The van der Waals surface area contributed by atoms with Crippen molar-refractivity contribution in [3.05, 3.63) is 87.4 Å². The summed E-state index contributed by atoms with van der Waals surface area (Å²) < 4.78 is 26.4. The summed E-state index contributed by atoms with van der Waals surface area (Å²) in [6.45, 7) is 11.6. The lowest BCUT2D eigenvalue weighted by atomic mass is 9.80. The molecule has 4 aliphatic rings. The number of nitrogens with one attached hydrogen (secondary N) is 1. The van der Waals surface area contributed by atoms with Gasteiger partial charge >= 0.3 is 0 Å². The number of amides is 3. The van der Waals surface area contributed by atoms with E-state index in [2.05, 4.69) is 20.1 Å². The SMILES string of the molecule is CC(=O)N(C)[C@@H]1CC[C@@H](CN2CCC[C@@H](Cc3ccc(F)cc3)C2)[C@H](N)C1.CC(=O)N(C)[C@@H]1CC[C@@H](CN2CCC[C@@H](Cc3ccc(F)cc3)C2)[C@H](NC(=O)Cc2nc(C)cs2)C1. The molecule has 1 aromatic heterocycles. The molecule has 2 aliphatic heterocycles. The van der Waals surface area contributed by atoms with Gasteiger partial charge in [-0.1, -0.05) is 24.3 Å². The van der Waals surface area contributed by atoms with Gasteiger partial charge < -0.3 is 30.7 Å². The first kappa shape index (κ1) is 48.7. The smallest absolute Gasteiger partial charge is 0.227 e. The predicted octanol–water partition coefficient (Wildman–Crippen LogP) is 7.27. The molecule has 13 heteroatoms. The predicted molar refractivity (Wildman–Crippen MR) is 248 cm³/mol. The highest BCUT2D eigenvalue weighted by Gasteiger charge is 2.36. The van der Waals surface area contributed by atoms with E-state index < -0.39 is 0 Å². The second-order valence-corrected chi connectivity index (χ2v) is 20.3. The average molecular weight is 890 g/mol. The summed E-state index contributed by atoms with van der Waals surface area (Å²) in [5, 5.41) is 6.14. The molecule has 63 heavy (non-hydrogen) atoms. The Hall–Kier alpha value is -3.78. The number of halogens is 2. The Morgan fingerprint density at radius 3 is 1.71 bits per heavy atom. The summed E-state index contributed by atoms with van der Waals surface area (Å²) >= 11 is 1.53. The van der Waals surface area contributed by atoms with Gasteiger partial charge in [0.05, 0.1) is 6.42 Å². The van der Waals surface area contributed by atoms with E-state index in [9.17, 15) is 23.2 Å². The number of benzene rings is 2. The fraction of sp³-hybridized carbons (Fsp3) is 0.640. The Kier molecular flexibility index (Phi) is 18.1. The monoisotopic (exact) mass is 890 g/mol. The van der Waals surface area contributed by atoms with E-state index in [1.807, 2.05) is 60.5 Å². The van der Waals surface area contributed by atoms with Crippen molar-refractivity contribution < 1.29 is 23.2 Å². The van der Waals surface area contributed by atoms with Crippen LogP contribution in [-0.2, 0) is 33.6 Å². The Bertz CT molecular complexity index is 1910. The maximum atomic E-state index is 13.3. The number of likely N-dealkylation sites (tertiary alicyclic amines) is 2. The second-order valence-electron chi connectivity index (χ2n) is 19.3. The summed E-state index contributed by atoms with van der Waals surface area (Å²) in [5.41, 5.74) is 9.87. The van der Waals surface area contributed by atoms with Crippen molar-refractivity contribution in [3.63, 3.8) is 0 Å². The lowest BCUT2D eigenvalue weighted by Crippen LogP contribution is -2.53. The third-order valence-corrected chi connectivity index (χ3v) is 15.4. The Balaban J connectivity index is 0.000000219. The average Bonchev–Trinajstić information content (AvgIpc) is 3.67. The summed E-state index contributed by atoms with van der Waals surface area (Å²) in [4.78, 5) is 49.9. The molecule has 2 aliphatic carbocycles. The van der Waals surface area contributed by atoms with Gasteiger partial charge in [-0.05, 0) is 156 Å². The number of nitrogens with two attached hydrogens (primary N) is 1. The minimum absolute atomic E-state index is 0.0123. The van der Waals surface area contributed by atoms with Gasteiger partial charge in [-0.3, -0.25) is 14.4 Å². The van der Waals surface area contributed by atoms with Gasteiger partial charge in [0.25, 0.3) is 0 Å². The highest BCUT2D eigenvalue weighted by atomic mass is 32.1. The van der Waals surface area contributed by atoms with Crippen molar-refractivity contribution in [2.45, 2.75) is 128 Å². The third kappa shape index (κ3) is 14.9. The van der Waals surface area contributed by atoms with Crippen LogP contribution in [0.3, 0.4) is 0 Å². The van der Waals surface area contributed by atoms with Crippen molar-refractivity contribution in [1.29, 1.82) is 0 Å². The highest BCUT2D eigenvalue weighted by Crippen LogP contribution is 2.32. The van der Waals surface area contributed by atoms with E-state index in [1.54, 1.807) is 38.1 Å². The Morgan fingerprint density at radius 2 is 1.24 bits per heavy atom. The number of aryl methyl sites for hydroxylation is 1. The second kappa shape index (κ2) is 23.4. The molecule has 0 unspecified atom stereocenters. The maximum Gasteiger partial charge on any atom is 0.227 e. The largest absolute Gasteiger partial charge is 0.353 e. The molecule has 2 saturated carbocycles. The van der Waals surface area contributed by atoms with E-state index in [0.29, 0.717) is 36.1 Å². The molecule has 2 aromatic carbocycles. The zero-order valence-electron chi connectivity index (χ0n) is 38.5. The number of rotatable bonds is 13. The summed E-state index contributed by atoms with van der Waals surface area (Å²) in [5.74, 6) is 1.94. The number of piperidine rings is 2. The van der Waals surface area contributed by atoms with Crippen molar-refractivity contribution in [1.82, 2.24) is 29.9 Å². The third-order valence-electron chi connectivity index (χ3n) is 14.5. The van der Waals surface area contributed by atoms with Crippen molar-refractivity contribution in [2.24, 2.45) is 29.4 Å². The van der Waals surface area contributed by atoms with Gasteiger partial charge in [-0.2, -0.15) is 0 Å². The van der Waals surface area contributed by atoms with Gasteiger partial charge in [0.1, 0.15) is 16.6 Å². The first-order chi connectivity index (χ1) is 30.2. The Morgan fingerprint density at radius 1 is 0.746 bits per heavy atom. The Labute approximate surface area is 379 Å². The topological polar surface area (TPSA) is 115 Å². The molecule has 7 rings (SSSR count). The van der Waals surface area contributed by atoms with Gasteiger partial charge in [0.2, 0.25) is 17.7 Å². The van der Waals surface area contributed by atoms with Crippen LogP contribution in [0, 0.1) is 42.2 Å². The lowest BCUT2D eigenvalue weighted by Gasteiger charge is -2.43. The van der Waals surface area contributed by atoms with Gasteiger partial charge in [-0.25, -0.2) is 13.8 Å². The number of thiazole rings is 1. The molecule has 0 bridgehead atoms. The molecule has 4 fully saturated rings. The maximum absolute atomic E-state index is 13.3. The van der Waals surface area contributed by atoms with Crippen LogP contribution in [0.15, 0.2) is 53.9 Å². The summed E-state index contributed by atoms with van der Waals surface area (Å²) in [7, 11) is 3.76. The van der Waals surface area contributed by atoms with E-state index in [0.717, 1.165) is 108 Å². The van der Waals surface area contributed by atoms with Crippen LogP contribution in [0.4, 0.5) is 8.78 Å². The molecule has 0 spiro atoms. The first-order valence-electron chi connectivity index (χ1n) is 23.5. The van der Waals surface area contributed by atoms with Crippen LogP contribution in [0.5, 0.6) is 0 Å². The summed E-state index contributed by atoms with van der Waals surface area (Å²) in [6.07, 6.45) is 12.9. The molecular weight excluding hydrogens is 817 g/mol. The molecule has 346 valence electrons. The van der Waals surface area contributed by atoms with Crippen LogP contribution in [-0.4, -0.2) is 120 Å². The molecular formula is C50H73F2N7O3S. The van der Waals surface area contributed by atoms with Gasteiger partial charge in [-0.15, -0.1) is 11.3 Å². The molecule has 3 aromatic rings. The first-order valence-corrected chi connectivity index (χ1v) is 24.4. The number of carbonyl (C=O) groups excluding carboxylic acids is 3. The standard InChI is InChI=1S/C28H39FN4O2S.C22H34FN3O/c1-19-18-36-28(30-19)15-27(35)31-26-14-25(32(3)20(2)34)11-8-23(26)17-33-12-4-5-22(16-33)13-21-6-9-24(29)10-7-21;1-16(27)25(2)21-10-7-19(22(24)13-21)15-26-11-3-4-18(14-26)12-17-5-8-20(23)9-6-17/h6-7,9-10,18,22-23,25-26H,4-5,8,11-17H2,1-3H3,(H,31,35);5-6,8-9,18-19,21-22H,3-4,7,10-15,24H2,1-2H3/t22-,23-,25+,26+;18-,19-,21+,22+/m00/s1. The lowest BCUT2D eigenvalue weighted by molar-refractivity contribution is -0.131. The number of nitrogens with zero attached hydrogens (tertiary/aromatic N) is 5. The van der Waals surface area contributed by atoms with Crippen LogP contribution in [0.25, 0.3) is 0 Å². The minimum atomic E-state index is -0.187. The molecule has 2 saturated heterocycles. The highest BCUT2D eigenvalue weighted by molar-refractivity contribution is 7.09. The van der Waals surface area contributed by atoms with Crippen LogP contribution < -0.4 is 11.1 Å². The molecule has 8 atom stereocenters. The minimum Gasteiger partial charge on any atom is -0.353 e. The van der Waals surface area contributed by atoms with Crippen molar-refractivity contribution in [2.75, 3.05) is 53.4 Å². The molecule has 3 N–H and O–H groups in total. The zero-order chi connectivity index (χ0) is 45.0. The molecule has 3 heterocycles. The number of hydrogen-bond donors (Lipinski definition) is 2. The molecule has 3 amide bonds. The van der Waals surface area contributed by atoms with Crippen molar-refractivity contribution in [3.8, 4) is 0 Å². The van der Waals surface area contributed by atoms with E-state index in [-0.39, 0.29) is 47.5 Å². The van der Waals surface area contributed by atoms with E-state index >= 15 is 0 Å². The number of hydrogen-bond acceptors (Lipinski definition) is 8. The van der Waals surface area contributed by atoms with Crippen LogP contribution in [0.2, 0.25) is 0 Å². The normalized spacial score (nSPS) is 26.9. The van der Waals surface area contributed by atoms with E-state index in [1.165, 1.54) is 41.7 Å².